The SMILES string of the molecule is C=C(Nc1c(C)n(C)n(-c2ccccc2)c1=O)C1C(=O)N(C)C(=O)N(C)C1=O. The van der Waals surface area contributed by atoms with Gasteiger partial charge < -0.3 is 5.32 Å². The molecule has 146 valence electrons. The third kappa shape index (κ3) is 2.81. The molecule has 1 N–H and O–H groups in total. The Hall–Kier alpha value is -3.62. The molecule has 1 aliphatic rings. The van der Waals surface area contributed by atoms with E-state index in [0.29, 0.717) is 11.4 Å². The van der Waals surface area contributed by atoms with E-state index in [0.717, 1.165) is 9.80 Å². The molecule has 4 amide bonds. The number of carbonyl (C=O) groups is 3. The van der Waals surface area contributed by atoms with Gasteiger partial charge in [0.2, 0.25) is 11.8 Å². The van der Waals surface area contributed by atoms with E-state index in [4.69, 9.17) is 0 Å². The van der Waals surface area contributed by atoms with Gasteiger partial charge in [-0.1, -0.05) is 24.8 Å². The first-order valence-electron chi connectivity index (χ1n) is 8.55. The van der Waals surface area contributed by atoms with Gasteiger partial charge in [0, 0.05) is 26.8 Å². The number of hydrogen-bond donors (Lipinski definition) is 1. The lowest BCUT2D eigenvalue weighted by Crippen LogP contribution is -2.57. The average Bonchev–Trinajstić information content (AvgIpc) is 2.89. The zero-order valence-corrected chi connectivity index (χ0v) is 16.1. The number of nitrogens with zero attached hydrogens (tertiary/aromatic N) is 4. The second kappa shape index (κ2) is 6.84. The Balaban J connectivity index is 1.98. The summed E-state index contributed by atoms with van der Waals surface area (Å²) in [7, 11) is 4.32. The lowest BCUT2D eigenvalue weighted by molar-refractivity contribution is -0.145. The van der Waals surface area contributed by atoms with Crippen LogP contribution in [0.4, 0.5) is 10.5 Å². The highest BCUT2D eigenvalue weighted by atomic mass is 16.2. The summed E-state index contributed by atoms with van der Waals surface area (Å²) in [6.45, 7) is 5.53. The fraction of sp³-hybridized carbons (Fsp3) is 0.263. The normalized spacial score (nSPS) is 15.4. The smallest absolute Gasteiger partial charge is 0.332 e. The molecule has 0 spiro atoms. The summed E-state index contributed by atoms with van der Waals surface area (Å²) < 4.78 is 3.14. The molecule has 1 fully saturated rings. The number of aromatic nitrogens is 2. The standard InChI is InChI=1S/C19H21N5O4/c1-11(14-16(25)21(3)19(28)22(4)17(14)26)20-15-12(2)23(5)24(18(15)27)13-9-7-6-8-10-13/h6-10,14,20H,1H2,2-5H3. The van der Waals surface area contributed by atoms with Crippen LogP contribution in [0.3, 0.4) is 0 Å². The molecule has 0 bridgehead atoms. The van der Waals surface area contributed by atoms with Crippen molar-refractivity contribution in [3.8, 4) is 5.69 Å². The van der Waals surface area contributed by atoms with Gasteiger partial charge in [-0.2, -0.15) is 0 Å². The predicted octanol–water partition coefficient (Wildman–Crippen LogP) is 1.08. The van der Waals surface area contributed by atoms with E-state index >= 15 is 0 Å². The van der Waals surface area contributed by atoms with Crippen LogP contribution in [0.5, 0.6) is 0 Å². The van der Waals surface area contributed by atoms with E-state index in [-0.39, 0.29) is 16.9 Å². The number of benzene rings is 1. The Morgan fingerprint density at radius 3 is 2.04 bits per heavy atom. The van der Waals surface area contributed by atoms with Crippen LogP contribution in [-0.2, 0) is 16.6 Å². The van der Waals surface area contributed by atoms with E-state index in [2.05, 4.69) is 11.9 Å². The Kier molecular flexibility index (Phi) is 4.68. The van der Waals surface area contributed by atoms with Gasteiger partial charge in [0.1, 0.15) is 5.69 Å². The number of anilines is 1. The molecule has 2 aromatic rings. The van der Waals surface area contributed by atoms with E-state index in [1.807, 2.05) is 18.2 Å². The van der Waals surface area contributed by atoms with Crippen LogP contribution >= 0.6 is 0 Å². The number of hydrogen-bond acceptors (Lipinski definition) is 5. The average molecular weight is 383 g/mol. The number of para-hydroxylation sites is 1. The number of imide groups is 2. The molecule has 0 atom stereocenters. The van der Waals surface area contributed by atoms with Crippen molar-refractivity contribution < 1.29 is 14.4 Å². The largest absolute Gasteiger partial charge is 0.352 e. The number of carbonyl (C=O) groups excluding carboxylic acids is 3. The first kappa shape index (κ1) is 19.2. The van der Waals surface area contributed by atoms with Gasteiger partial charge in [0.25, 0.3) is 5.56 Å². The van der Waals surface area contributed by atoms with Gasteiger partial charge in [-0.25, -0.2) is 9.48 Å². The molecule has 0 aliphatic carbocycles. The molecule has 0 radical (unpaired) electrons. The summed E-state index contributed by atoms with van der Waals surface area (Å²) in [5.74, 6) is -2.68. The zero-order valence-electron chi connectivity index (χ0n) is 16.1. The fourth-order valence-electron chi connectivity index (χ4n) is 3.15. The van der Waals surface area contributed by atoms with Gasteiger partial charge in [0.15, 0.2) is 5.92 Å². The number of amides is 4. The predicted molar refractivity (Wildman–Crippen MR) is 103 cm³/mol. The minimum atomic E-state index is -1.29. The molecular formula is C19H21N5O4. The van der Waals surface area contributed by atoms with Gasteiger partial charge in [0.05, 0.1) is 11.4 Å². The highest BCUT2D eigenvalue weighted by Gasteiger charge is 2.44. The topological polar surface area (TPSA) is 96.7 Å². The summed E-state index contributed by atoms with van der Waals surface area (Å²) in [5.41, 5.74) is 1.17. The van der Waals surface area contributed by atoms with Crippen LogP contribution in [0.15, 0.2) is 47.4 Å². The van der Waals surface area contributed by atoms with Crippen molar-refractivity contribution in [2.45, 2.75) is 6.92 Å². The molecule has 2 heterocycles. The molecule has 0 unspecified atom stereocenters. The Labute approximate surface area is 161 Å². The maximum Gasteiger partial charge on any atom is 0.332 e. The second-order valence-corrected chi connectivity index (χ2v) is 6.60. The molecule has 1 aromatic heterocycles. The van der Waals surface area contributed by atoms with Gasteiger partial charge in [-0.3, -0.25) is 28.9 Å². The van der Waals surface area contributed by atoms with Crippen LogP contribution in [0, 0.1) is 12.8 Å². The van der Waals surface area contributed by atoms with Crippen molar-refractivity contribution in [2.75, 3.05) is 19.4 Å². The zero-order chi connectivity index (χ0) is 20.7. The lowest BCUT2D eigenvalue weighted by atomic mass is 10.0. The quantitative estimate of drug-likeness (QED) is 0.797. The molecule has 3 rings (SSSR count). The highest BCUT2D eigenvalue weighted by molar-refractivity contribution is 6.17. The molecular weight excluding hydrogens is 362 g/mol. The minimum absolute atomic E-state index is 0.0345. The summed E-state index contributed by atoms with van der Waals surface area (Å²) in [4.78, 5) is 51.5. The van der Waals surface area contributed by atoms with Crippen molar-refractivity contribution in [2.24, 2.45) is 13.0 Å². The second-order valence-electron chi connectivity index (χ2n) is 6.60. The third-order valence-electron chi connectivity index (χ3n) is 4.92. The fourth-order valence-corrected chi connectivity index (χ4v) is 3.15. The molecule has 28 heavy (non-hydrogen) atoms. The Bertz CT molecular complexity index is 1030. The molecule has 0 saturated carbocycles. The van der Waals surface area contributed by atoms with E-state index in [9.17, 15) is 19.2 Å². The molecule has 1 aliphatic heterocycles. The molecule has 9 nitrogen and oxygen atoms in total. The van der Waals surface area contributed by atoms with Crippen molar-refractivity contribution in [1.29, 1.82) is 0 Å². The molecule has 1 saturated heterocycles. The van der Waals surface area contributed by atoms with E-state index in [1.54, 1.807) is 30.8 Å². The molecule has 9 heteroatoms. The Morgan fingerprint density at radius 2 is 1.50 bits per heavy atom. The minimum Gasteiger partial charge on any atom is -0.352 e. The van der Waals surface area contributed by atoms with E-state index in [1.165, 1.54) is 18.8 Å². The first-order valence-corrected chi connectivity index (χ1v) is 8.55. The number of urea groups is 1. The van der Waals surface area contributed by atoms with Crippen LogP contribution in [0.1, 0.15) is 5.69 Å². The third-order valence-corrected chi connectivity index (χ3v) is 4.92. The maximum atomic E-state index is 13.0. The lowest BCUT2D eigenvalue weighted by Gasteiger charge is -2.33. The van der Waals surface area contributed by atoms with E-state index < -0.39 is 23.8 Å². The summed E-state index contributed by atoms with van der Waals surface area (Å²) in [6.07, 6.45) is 0. The van der Waals surface area contributed by atoms with Gasteiger partial charge in [-0.15, -0.1) is 0 Å². The number of nitrogens with one attached hydrogen (secondary N) is 1. The summed E-state index contributed by atoms with van der Waals surface area (Å²) >= 11 is 0. The van der Waals surface area contributed by atoms with Crippen molar-refractivity contribution in [3.05, 3.63) is 58.7 Å². The van der Waals surface area contributed by atoms with Crippen LogP contribution in [0.2, 0.25) is 0 Å². The highest BCUT2D eigenvalue weighted by Crippen LogP contribution is 2.24. The van der Waals surface area contributed by atoms with Crippen molar-refractivity contribution >= 4 is 23.5 Å². The summed E-state index contributed by atoms with van der Waals surface area (Å²) in [5, 5.41) is 2.84. The summed E-state index contributed by atoms with van der Waals surface area (Å²) in [6, 6.07) is 8.36. The van der Waals surface area contributed by atoms with Crippen molar-refractivity contribution in [3.63, 3.8) is 0 Å². The number of barbiturate groups is 1. The van der Waals surface area contributed by atoms with Crippen LogP contribution in [0.25, 0.3) is 5.69 Å². The van der Waals surface area contributed by atoms with Crippen LogP contribution in [-0.4, -0.2) is 51.1 Å². The molecule has 1 aromatic carbocycles. The van der Waals surface area contributed by atoms with Gasteiger partial charge in [-0.05, 0) is 19.1 Å². The van der Waals surface area contributed by atoms with Gasteiger partial charge >= 0.3 is 6.03 Å². The van der Waals surface area contributed by atoms with Crippen molar-refractivity contribution in [1.82, 2.24) is 19.2 Å². The van der Waals surface area contributed by atoms with Crippen LogP contribution < -0.4 is 10.9 Å². The Morgan fingerprint density at radius 1 is 0.964 bits per heavy atom. The number of rotatable bonds is 4. The monoisotopic (exact) mass is 383 g/mol. The maximum absolute atomic E-state index is 13.0. The first-order chi connectivity index (χ1) is 13.2.